The van der Waals surface area contributed by atoms with Gasteiger partial charge in [-0.25, -0.2) is 0 Å². The molecule has 21 heavy (non-hydrogen) atoms. The summed E-state index contributed by atoms with van der Waals surface area (Å²) in [6.45, 7) is 0.640. The lowest BCUT2D eigenvalue weighted by molar-refractivity contribution is 0.320. The van der Waals surface area contributed by atoms with Crippen LogP contribution < -0.4 is 10.5 Å². The minimum atomic E-state index is 0.640. The largest absolute Gasteiger partial charge is 0.492 e. The Kier molecular flexibility index (Phi) is 4.11. The highest BCUT2D eigenvalue weighted by Crippen LogP contribution is 2.33. The summed E-state index contributed by atoms with van der Waals surface area (Å²) in [5.41, 5.74) is 7.69. The molecule has 3 heteroatoms. The molecule has 0 bridgehead atoms. The van der Waals surface area contributed by atoms with E-state index >= 15 is 0 Å². The van der Waals surface area contributed by atoms with Crippen molar-refractivity contribution >= 4 is 32.4 Å². The van der Waals surface area contributed by atoms with Crippen molar-refractivity contribution in [1.29, 1.82) is 0 Å². The number of halogens is 1. The second kappa shape index (κ2) is 6.19. The Hall–Kier alpha value is -2.00. The number of fused-ring (bicyclic) bond motifs is 1. The molecule has 0 aromatic heterocycles. The molecule has 3 rings (SSSR count). The van der Waals surface area contributed by atoms with E-state index in [4.69, 9.17) is 10.5 Å². The third-order valence-corrected chi connectivity index (χ3v) is 4.27. The fourth-order valence-corrected chi connectivity index (χ4v) is 2.90. The molecule has 0 aliphatic heterocycles. The molecule has 0 saturated heterocycles. The Bertz CT molecular complexity index is 753. The first-order valence-electron chi connectivity index (χ1n) is 6.88. The van der Waals surface area contributed by atoms with Crippen LogP contribution >= 0.6 is 15.9 Å². The van der Waals surface area contributed by atoms with E-state index in [1.54, 1.807) is 0 Å². The molecule has 0 saturated carbocycles. The summed E-state index contributed by atoms with van der Waals surface area (Å²) in [5.74, 6) is 0.879. The maximum Gasteiger partial charge on any atom is 0.134 e. The summed E-state index contributed by atoms with van der Waals surface area (Å²) in [7, 11) is 0. The van der Waals surface area contributed by atoms with Gasteiger partial charge in [-0.05, 0) is 50.5 Å². The van der Waals surface area contributed by atoms with Gasteiger partial charge in [-0.2, -0.15) is 0 Å². The summed E-state index contributed by atoms with van der Waals surface area (Å²) in [6, 6.07) is 20.3. The van der Waals surface area contributed by atoms with Gasteiger partial charge in [0.15, 0.2) is 0 Å². The highest BCUT2D eigenvalue weighted by molar-refractivity contribution is 9.10. The van der Waals surface area contributed by atoms with E-state index in [-0.39, 0.29) is 0 Å². The van der Waals surface area contributed by atoms with E-state index in [1.807, 2.05) is 42.5 Å². The quantitative estimate of drug-likeness (QED) is 0.691. The average Bonchev–Trinajstić information content (AvgIpc) is 2.52. The lowest BCUT2D eigenvalue weighted by Gasteiger charge is -2.10. The first-order valence-corrected chi connectivity index (χ1v) is 7.68. The Morgan fingerprint density at radius 2 is 1.67 bits per heavy atom. The number of nitrogen functional groups attached to an aromatic ring is 1. The number of benzene rings is 3. The van der Waals surface area contributed by atoms with Crippen LogP contribution in [0, 0.1) is 0 Å². The van der Waals surface area contributed by atoms with E-state index in [0.717, 1.165) is 22.3 Å². The standard InChI is InChI=1S/C18H16BrNO/c19-18-16-4-2-1-3-14(16)7-10-17(18)21-12-11-13-5-8-15(20)9-6-13/h1-10H,11-12,20H2. The predicted molar refractivity (Wildman–Crippen MR) is 91.7 cm³/mol. The van der Waals surface area contributed by atoms with Crippen LogP contribution in [0.1, 0.15) is 5.56 Å². The van der Waals surface area contributed by atoms with Gasteiger partial charge in [0.25, 0.3) is 0 Å². The van der Waals surface area contributed by atoms with Gasteiger partial charge in [0.2, 0.25) is 0 Å². The normalized spacial score (nSPS) is 10.7. The van der Waals surface area contributed by atoms with Crippen LogP contribution in [0.5, 0.6) is 5.75 Å². The Labute approximate surface area is 132 Å². The first-order chi connectivity index (χ1) is 10.2. The zero-order valence-electron chi connectivity index (χ0n) is 11.6. The molecule has 3 aromatic rings. The highest BCUT2D eigenvalue weighted by Gasteiger charge is 2.05. The van der Waals surface area contributed by atoms with E-state index in [0.29, 0.717) is 6.61 Å². The van der Waals surface area contributed by atoms with Gasteiger partial charge in [0.1, 0.15) is 5.75 Å². The van der Waals surface area contributed by atoms with Crippen LogP contribution in [0.3, 0.4) is 0 Å². The minimum Gasteiger partial charge on any atom is -0.492 e. The SMILES string of the molecule is Nc1ccc(CCOc2ccc3ccccc3c2Br)cc1. The Morgan fingerprint density at radius 1 is 0.905 bits per heavy atom. The second-order valence-electron chi connectivity index (χ2n) is 4.94. The molecule has 0 spiro atoms. The molecule has 0 atom stereocenters. The topological polar surface area (TPSA) is 35.2 Å². The lowest BCUT2D eigenvalue weighted by Crippen LogP contribution is -2.02. The Balaban J connectivity index is 1.70. The maximum absolute atomic E-state index is 5.90. The molecule has 0 amide bonds. The highest BCUT2D eigenvalue weighted by atomic mass is 79.9. The lowest BCUT2D eigenvalue weighted by atomic mass is 10.1. The number of hydrogen-bond donors (Lipinski definition) is 1. The summed E-state index contributed by atoms with van der Waals surface area (Å²) < 4.78 is 6.91. The van der Waals surface area contributed by atoms with E-state index < -0.39 is 0 Å². The van der Waals surface area contributed by atoms with Crippen LogP contribution in [-0.2, 0) is 6.42 Å². The summed E-state index contributed by atoms with van der Waals surface area (Å²) >= 11 is 3.64. The third-order valence-electron chi connectivity index (χ3n) is 3.46. The van der Waals surface area contributed by atoms with Gasteiger partial charge in [-0.3, -0.25) is 0 Å². The smallest absolute Gasteiger partial charge is 0.134 e. The van der Waals surface area contributed by atoms with Crippen molar-refractivity contribution in [3.63, 3.8) is 0 Å². The van der Waals surface area contributed by atoms with Crippen molar-refractivity contribution < 1.29 is 4.74 Å². The zero-order chi connectivity index (χ0) is 14.7. The monoisotopic (exact) mass is 341 g/mol. The minimum absolute atomic E-state index is 0.640. The van der Waals surface area contributed by atoms with Gasteiger partial charge < -0.3 is 10.5 Å². The van der Waals surface area contributed by atoms with Crippen molar-refractivity contribution in [2.75, 3.05) is 12.3 Å². The van der Waals surface area contributed by atoms with Crippen molar-refractivity contribution in [1.82, 2.24) is 0 Å². The molecule has 0 fully saturated rings. The third kappa shape index (κ3) is 3.19. The number of rotatable bonds is 4. The van der Waals surface area contributed by atoms with Crippen LogP contribution in [-0.4, -0.2) is 6.61 Å². The molecule has 0 unspecified atom stereocenters. The molecule has 2 nitrogen and oxygen atoms in total. The molecule has 2 N–H and O–H groups in total. The van der Waals surface area contributed by atoms with Crippen LogP contribution in [0.2, 0.25) is 0 Å². The van der Waals surface area contributed by atoms with Gasteiger partial charge in [-0.1, -0.05) is 42.5 Å². The van der Waals surface area contributed by atoms with Gasteiger partial charge in [0, 0.05) is 12.1 Å². The summed E-state index contributed by atoms with van der Waals surface area (Å²) in [5, 5.41) is 2.37. The molecule has 0 aliphatic carbocycles. The number of ether oxygens (including phenoxy) is 1. The number of anilines is 1. The van der Waals surface area contributed by atoms with Gasteiger partial charge in [0.05, 0.1) is 11.1 Å². The fourth-order valence-electron chi connectivity index (χ4n) is 2.29. The molecular weight excluding hydrogens is 326 g/mol. The molecule has 0 aliphatic rings. The summed E-state index contributed by atoms with van der Waals surface area (Å²) in [4.78, 5) is 0. The molecule has 0 radical (unpaired) electrons. The molecule has 0 heterocycles. The Morgan fingerprint density at radius 3 is 2.48 bits per heavy atom. The first kappa shape index (κ1) is 14.0. The van der Waals surface area contributed by atoms with Gasteiger partial charge >= 0.3 is 0 Å². The predicted octanol–water partition coefficient (Wildman–Crippen LogP) is 4.81. The van der Waals surface area contributed by atoms with E-state index in [1.165, 1.54) is 16.3 Å². The van der Waals surface area contributed by atoms with Crippen molar-refractivity contribution in [2.45, 2.75) is 6.42 Å². The van der Waals surface area contributed by atoms with Crippen molar-refractivity contribution in [3.8, 4) is 5.75 Å². The molecule has 3 aromatic carbocycles. The molecular formula is C18H16BrNO. The summed E-state index contributed by atoms with van der Waals surface area (Å²) in [6.07, 6.45) is 0.861. The average molecular weight is 342 g/mol. The second-order valence-corrected chi connectivity index (χ2v) is 5.73. The van der Waals surface area contributed by atoms with Crippen LogP contribution in [0.25, 0.3) is 10.8 Å². The van der Waals surface area contributed by atoms with Crippen LogP contribution in [0.15, 0.2) is 65.1 Å². The van der Waals surface area contributed by atoms with Crippen molar-refractivity contribution in [2.24, 2.45) is 0 Å². The van der Waals surface area contributed by atoms with Crippen molar-refractivity contribution in [3.05, 3.63) is 70.7 Å². The zero-order valence-corrected chi connectivity index (χ0v) is 13.1. The van der Waals surface area contributed by atoms with Crippen LogP contribution in [0.4, 0.5) is 5.69 Å². The fraction of sp³-hybridized carbons (Fsp3) is 0.111. The number of hydrogen-bond acceptors (Lipinski definition) is 2. The van der Waals surface area contributed by atoms with Gasteiger partial charge in [-0.15, -0.1) is 0 Å². The molecule has 106 valence electrons. The van der Waals surface area contributed by atoms with E-state index in [2.05, 4.69) is 34.1 Å². The maximum atomic E-state index is 5.90. The van der Waals surface area contributed by atoms with E-state index in [9.17, 15) is 0 Å². The number of nitrogens with two attached hydrogens (primary N) is 1.